The number of hydrogen-bond acceptors (Lipinski definition) is 6. The van der Waals surface area contributed by atoms with Crippen LogP contribution >= 0.6 is 0 Å². The van der Waals surface area contributed by atoms with Crippen molar-refractivity contribution in [1.82, 2.24) is 10.3 Å². The van der Waals surface area contributed by atoms with Crippen molar-refractivity contribution in [1.29, 1.82) is 0 Å². The zero-order valence-electron chi connectivity index (χ0n) is 10.4. The van der Waals surface area contributed by atoms with Gasteiger partial charge in [0, 0.05) is 25.6 Å². The Morgan fingerprint density at radius 1 is 1.65 bits per heavy atom. The first kappa shape index (κ1) is 14.2. The fourth-order valence-corrected chi connectivity index (χ4v) is 1.82. The third kappa shape index (κ3) is 3.00. The molecule has 9 nitrogen and oxygen atoms in total. The summed E-state index contributed by atoms with van der Waals surface area (Å²) in [5.74, 6) is -0.782. The number of aromatic amines is 1. The highest BCUT2D eigenvalue weighted by Crippen LogP contribution is 2.17. The molecule has 0 aromatic carbocycles. The van der Waals surface area contributed by atoms with Crippen molar-refractivity contribution in [2.24, 2.45) is 0 Å². The molecule has 2 rings (SSSR count). The molecule has 108 valence electrons. The summed E-state index contributed by atoms with van der Waals surface area (Å²) in [6, 6.07) is 0.892. The van der Waals surface area contributed by atoms with Gasteiger partial charge in [-0.25, -0.2) is 0 Å². The van der Waals surface area contributed by atoms with E-state index in [2.05, 4.69) is 10.3 Å². The standard InChI is InChI=1S/C11H13N3O6/c15-9-8(3-7(4-12-9)14(18)19)10(16)13-5-11(17)1-2-20-6-11/h3-4,17H,1-2,5-6H2,(H,12,15)(H,13,16). The number of carbonyl (C=O) groups is 1. The number of H-pyrrole nitrogens is 1. The first-order chi connectivity index (χ1) is 9.41. The van der Waals surface area contributed by atoms with Gasteiger partial charge in [-0.2, -0.15) is 0 Å². The lowest BCUT2D eigenvalue weighted by Crippen LogP contribution is -2.44. The van der Waals surface area contributed by atoms with Gasteiger partial charge in [0.05, 0.1) is 17.7 Å². The minimum absolute atomic E-state index is 0.0893. The zero-order chi connectivity index (χ0) is 14.8. The number of hydrogen-bond donors (Lipinski definition) is 3. The SMILES string of the molecule is O=C(NCC1(O)CCOC1)c1cc([N+](=O)[O-])c[nH]c1=O. The predicted molar refractivity (Wildman–Crippen MR) is 66.4 cm³/mol. The van der Waals surface area contributed by atoms with E-state index >= 15 is 0 Å². The normalized spacial score (nSPS) is 21.6. The van der Waals surface area contributed by atoms with Gasteiger partial charge in [-0.3, -0.25) is 19.7 Å². The number of pyridine rings is 1. The van der Waals surface area contributed by atoms with Crippen LogP contribution in [0, 0.1) is 10.1 Å². The van der Waals surface area contributed by atoms with Crippen LogP contribution in [0.4, 0.5) is 5.69 Å². The molecular formula is C11H13N3O6. The maximum atomic E-state index is 11.8. The van der Waals surface area contributed by atoms with Gasteiger partial charge in [0.1, 0.15) is 11.2 Å². The lowest BCUT2D eigenvalue weighted by molar-refractivity contribution is -0.385. The van der Waals surface area contributed by atoms with Gasteiger partial charge < -0.3 is 20.1 Å². The summed E-state index contributed by atoms with van der Waals surface area (Å²) in [5, 5.41) is 22.9. The molecular weight excluding hydrogens is 270 g/mol. The number of rotatable bonds is 4. The van der Waals surface area contributed by atoms with E-state index in [1.807, 2.05) is 0 Å². The first-order valence-electron chi connectivity index (χ1n) is 5.87. The van der Waals surface area contributed by atoms with Gasteiger partial charge in [-0.1, -0.05) is 0 Å². The van der Waals surface area contributed by atoms with Crippen molar-refractivity contribution in [3.63, 3.8) is 0 Å². The predicted octanol–water partition coefficient (Wildman–Crippen LogP) is -0.836. The topological polar surface area (TPSA) is 135 Å². The van der Waals surface area contributed by atoms with Crippen molar-refractivity contribution >= 4 is 11.6 Å². The Bertz CT molecular complexity index is 590. The van der Waals surface area contributed by atoms with Crippen LogP contribution in [0.3, 0.4) is 0 Å². The van der Waals surface area contributed by atoms with Gasteiger partial charge >= 0.3 is 0 Å². The second-order valence-corrected chi connectivity index (χ2v) is 4.57. The summed E-state index contributed by atoms with van der Waals surface area (Å²) in [6.45, 7) is 0.399. The van der Waals surface area contributed by atoms with E-state index in [9.17, 15) is 24.8 Å². The first-order valence-corrected chi connectivity index (χ1v) is 5.87. The molecule has 2 heterocycles. The second kappa shape index (κ2) is 5.39. The zero-order valence-corrected chi connectivity index (χ0v) is 10.4. The third-order valence-corrected chi connectivity index (χ3v) is 3.00. The van der Waals surface area contributed by atoms with Crippen LogP contribution in [0.1, 0.15) is 16.8 Å². The Morgan fingerprint density at radius 2 is 2.40 bits per heavy atom. The maximum absolute atomic E-state index is 11.8. The Kier molecular flexibility index (Phi) is 3.81. The van der Waals surface area contributed by atoms with Crippen LogP contribution in [0.25, 0.3) is 0 Å². The summed E-state index contributed by atoms with van der Waals surface area (Å²) in [4.78, 5) is 35.3. The van der Waals surface area contributed by atoms with Crippen LogP contribution in [0.2, 0.25) is 0 Å². The number of carbonyl (C=O) groups excluding carboxylic acids is 1. The molecule has 1 aliphatic heterocycles. The molecule has 1 atom stereocenters. The van der Waals surface area contributed by atoms with Gasteiger partial charge in [-0.05, 0) is 0 Å². The number of aromatic nitrogens is 1. The molecule has 1 aromatic heterocycles. The lowest BCUT2D eigenvalue weighted by Gasteiger charge is -2.20. The van der Waals surface area contributed by atoms with Crippen molar-refractivity contribution in [2.75, 3.05) is 19.8 Å². The summed E-state index contributed by atoms with van der Waals surface area (Å²) < 4.78 is 5.01. The molecule has 0 bridgehead atoms. The molecule has 0 aliphatic carbocycles. The fourth-order valence-electron chi connectivity index (χ4n) is 1.82. The number of nitro groups is 1. The van der Waals surface area contributed by atoms with E-state index in [4.69, 9.17) is 4.74 Å². The van der Waals surface area contributed by atoms with Crippen LogP contribution in [-0.2, 0) is 4.74 Å². The van der Waals surface area contributed by atoms with Crippen LogP contribution in [-0.4, -0.2) is 46.3 Å². The highest BCUT2D eigenvalue weighted by Gasteiger charge is 2.32. The summed E-state index contributed by atoms with van der Waals surface area (Å²) in [7, 11) is 0. The molecule has 1 fully saturated rings. The maximum Gasteiger partial charge on any atom is 0.286 e. The average Bonchev–Trinajstić information content (AvgIpc) is 2.84. The van der Waals surface area contributed by atoms with Crippen molar-refractivity contribution in [3.8, 4) is 0 Å². The quantitative estimate of drug-likeness (QED) is 0.487. The Balaban J connectivity index is 2.11. The molecule has 3 N–H and O–H groups in total. The lowest BCUT2D eigenvalue weighted by atomic mass is 10.0. The molecule has 1 aliphatic rings. The number of nitrogens with zero attached hydrogens (tertiary/aromatic N) is 1. The molecule has 9 heteroatoms. The van der Waals surface area contributed by atoms with Crippen molar-refractivity contribution in [3.05, 3.63) is 38.3 Å². The van der Waals surface area contributed by atoms with E-state index < -0.39 is 27.7 Å². The number of aliphatic hydroxyl groups is 1. The summed E-state index contributed by atoms with van der Waals surface area (Å²) in [5.41, 5.74) is -2.66. The minimum atomic E-state index is -1.16. The number of amides is 1. The Labute approximate surface area is 112 Å². The minimum Gasteiger partial charge on any atom is -0.386 e. The molecule has 0 saturated carbocycles. The number of nitrogens with one attached hydrogen (secondary N) is 2. The van der Waals surface area contributed by atoms with Crippen LogP contribution in [0.5, 0.6) is 0 Å². The van der Waals surface area contributed by atoms with Gasteiger partial charge in [0.15, 0.2) is 0 Å². The van der Waals surface area contributed by atoms with E-state index in [-0.39, 0.29) is 18.7 Å². The van der Waals surface area contributed by atoms with Gasteiger partial charge in [0.25, 0.3) is 17.2 Å². The molecule has 20 heavy (non-hydrogen) atoms. The van der Waals surface area contributed by atoms with E-state index in [0.717, 1.165) is 12.3 Å². The Hall–Kier alpha value is -2.26. The second-order valence-electron chi connectivity index (χ2n) is 4.57. The van der Waals surface area contributed by atoms with Crippen LogP contribution < -0.4 is 10.9 Å². The van der Waals surface area contributed by atoms with E-state index in [0.29, 0.717) is 13.0 Å². The van der Waals surface area contributed by atoms with E-state index in [1.165, 1.54) is 0 Å². The molecule has 0 radical (unpaired) electrons. The Morgan fingerprint density at radius 3 is 3.00 bits per heavy atom. The van der Waals surface area contributed by atoms with Crippen molar-refractivity contribution < 1.29 is 19.6 Å². The molecule has 1 aromatic rings. The van der Waals surface area contributed by atoms with Crippen molar-refractivity contribution in [2.45, 2.75) is 12.0 Å². The summed E-state index contributed by atoms with van der Waals surface area (Å²) >= 11 is 0. The van der Waals surface area contributed by atoms with Crippen LogP contribution in [0.15, 0.2) is 17.1 Å². The van der Waals surface area contributed by atoms with Gasteiger partial charge in [-0.15, -0.1) is 0 Å². The molecule has 0 spiro atoms. The third-order valence-electron chi connectivity index (χ3n) is 3.00. The molecule has 1 unspecified atom stereocenters. The molecule has 1 amide bonds. The van der Waals surface area contributed by atoms with Gasteiger partial charge in [0.2, 0.25) is 0 Å². The highest BCUT2D eigenvalue weighted by molar-refractivity contribution is 5.94. The average molecular weight is 283 g/mol. The van der Waals surface area contributed by atoms with E-state index in [1.54, 1.807) is 0 Å². The smallest absolute Gasteiger partial charge is 0.286 e. The monoisotopic (exact) mass is 283 g/mol. The summed E-state index contributed by atoms with van der Waals surface area (Å²) in [6.07, 6.45) is 1.29. The number of ether oxygens (including phenoxy) is 1. The highest BCUT2D eigenvalue weighted by atomic mass is 16.6. The molecule has 1 saturated heterocycles. The fraction of sp³-hybridized carbons (Fsp3) is 0.455. The largest absolute Gasteiger partial charge is 0.386 e.